The molecule has 0 fully saturated rings. The molecule has 0 aliphatic rings. The molecular weight excluding hydrogens is 212 g/mol. The molecule has 0 aliphatic heterocycles. The Labute approximate surface area is 108 Å². The Hall–Kier alpha value is -0.120. The maximum Gasteiger partial charge on any atom is 0.0615 e. The van der Waals surface area contributed by atoms with Gasteiger partial charge in [-0.1, -0.05) is 13.8 Å². The van der Waals surface area contributed by atoms with Gasteiger partial charge in [0.1, 0.15) is 0 Å². The lowest BCUT2D eigenvalue weighted by Crippen LogP contribution is -2.35. The average Bonchev–Trinajstić information content (AvgIpc) is 2.33. The van der Waals surface area contributed by atoms with Crippen LogP contribution in [0, 0.1) is 0 Å². The molecule has 0 saturated heterocycles. The van der Waals surface area contributed by atoms with Gasteiger partial charge in [-0.2, -0.15) is 0 Å². The topological polar surface area (TPSA) is 24.5 Å². The fourth-order valence-corrected chi connectivity index (χ4v) is 1.97. The molecule has 1 N–H and O–H groups in total. The zero-order chi connectivity index (χ0) is 13.1. The summed E-state index contributed by atoms with van der Waals surface area (Å²) >= 11 is 0. The molecular formula is C14H32N2O. The molecule has 0 aliphatic carbocycles. The molecule has 0 radical (unpaired) electrons. The Balaban J connectivity index is 3.65. The van der Waals surface area contributed by atoms with Crippen LogP contribution in [0.4, 0.5) is 0 Å². The third-order valence-electron chi connectivity index (χ3n) is 3.40. The molecule has 0 aromatic rings. The van der Waals surface area contributed by atoms with Crippen LogP contribution in [0.25, 0.3) is 0 Å². The lowest BCUT2D eigenvalue weighted by Gasteiger charge is -2.25. The normalized spacial score (nSPS) is 15.2. The van der Waals surface area contributed by atoms with Gasteiger partial charge in [0.05, 0.1) is 6.61 Å². The Morgan fingerprint density at radius 3 is 2.53 bits per heavy atom. The largest absolute Gasteiger partial charge is 0.383 e. The molecule has 0 spiro atoms. The fraction of sp³-hybridized carbons (Fsp3) is 1.00. The van der Waals surface area contributed by atoms with Crippen molar-refractivity contribution >= 4 is 0 Å². The number of nitrogens with one attached hydrogen (secondary N) is 1. The van der Waals surface area contributed by atoms with Gasteiger partial charge in [0, 0.05) is 19.2 Å². The molecule has 2 unspecified atom stereocenters. The van der Waals surface area contributed by atoms with Gasteiger partial charge in [-0.25, -0.2) is 0 Å². The minimum Gasteiger partial charge on any atom is -0.383 e. The minimum atomic E-state index is 0.517. The minimum absolute atomic E-state index is 0.517. The van der Waals surface area contributed by atoms with Crippen LogP contribution in [0.5, 0.6) is 0 Å². The highest BCUT2D eigenvalue weighted by Crippen LogP contribution is 2.05. The number of ether oxygens (including phenoxy) is 1. The smallest absolute Gasteiger partial charge is 0.0615 e. The van der Waals surface area contributed by atoms with Gasteiger partial charge in [0.25, 0.3) is 0 Å². The van der Waals surface area contributed by atoms with E-state index in [1.165, 1.54) is 25.7 Å². The highest BCUT2D eigenvalue weighted by Gasteiger charge is 2.10. The molecule has 0 saturated carbocycles. The first-order valence-electron chi connectivity index (χ1n) is 7.08. The van der Waals surface area contributed by atoms with E-state index in [9.17, 15) is 0 Å². The Morgan fingerprint density at radius 2 is 2.00 bits per heavy atom. The molecule has 0 rings (SSSR count). The van der Waals surface area contributed by atoms with Crippen LogP contribution < -0.4 is 5.32 Å². The van der Waals surface area contributed by atoms with Crippen molar-refractivity contribution in [3.63, 3.8) is 0 Å². The molecule has 0 aromatic carbocycles. The number of hydrogen-bond donors (Lipinski definition) is 1. The highest BCUT2D eigenvalue weighted by molar-refractivity contribution is 4.67. The summed E-state index contributed by atoms with van der Waals surface area (Å²) < 4.78 is 5.17. The van der Waals surface area contributed by atoms with Gasteiger partial charge < -0.3 is 15.0 Å². The Morgan fingerprint density at radius 1 is 1.29 bits per heavy atom. The first-order valence-corrected chi connectivity index (χ1v) is 7.08. The number of methoxy groups -OCH3 is 1. The molecule has 0 aromatic heterocycles. The molecule has 2 atom stereocenters. The van der Waals surface area contributed by atoms with Crippen LogP contribution in [-0.2, 0) is 4.74 Å². The zero-order valence-electron chi connectivity index (χ0n) is 12.5. The van der Waals surface area contributed by atoms with Gasteiger partial charge in [0.15, 0.2) is 0 Å². The van der Waals surface area contributed by atoms with Crippen LogP contribution in [0.1, 0.15) is 46.5 Å². The second kappa shape index (κ2) is 11.0. The number of rotatable bonds is 11. The number of hydrogen-bond acceptors (Lipinski definition) is 3. The summed E-state index contributed by atoms with van der Waals surface area (Å²) in [6.45, 7) is 9.84. The van der Waals surface area contributed by atoms with Crippen LogP contribution >= 0.6 is 0 Å². The lowest BCUT2D eigenvalue weighted by atomic mass is 10.1. The Kier molecular flexibility index (Phi) is 10.9. The average molecular weight is 244 g/mol. The summed E-state index contributed by atoms with van der Waals surface area (Å²) in [5.74, 6) is 0. The van der Waals surface area contributed by atoms with Crippen molar-refractivity contribution in [3.8, 4) is 0 Å². The van der Waals surface area contributed by atoms with Crippen molar-refractivity contribution in [2.45, 2.75) is 58.5 Å². The zero-order valence-corrected chi connectivity index (χ0v) is 12.5. The third kappa shape index (κ3) is 8.58. The summed E-state index contributed by atoms with van der Waals surface area (Å²) in [6.07, 6.45) is 5.00. The monoisotopic (exact) mass is 244 g/mol. The van der Waals surface area contributed by atoms with Crippen molar-refractivity contribution in [1.29, 1.82) is 0 Å². The van der Waals surface area contributed by atoms with Crippen molar-refractivity contribution in [3.05, 3.63) is 0 Å². The van der Waals surface area contributed by atoms with Gasteiger partial charge >= 0.3 is 0 Å². The predicted molar refractivity (Wildman–Crippen MR) is 75.6 cm³/mol. The van der Waals surface area contributed by atoms with Crippen LogP contribution in [0.3, 0.4) is 0 Å². The summed E-state index contributed by atoms with van der Waals surface area (Å²) in [5, 5.41) is 3.60. The van der Waals surface area contributed by atoms with Gasteiger partial charge in [0.2, 0.25) is 0 Å². The second-order valence-corrected chi connectivity index (χ2v) is 4.99. The highest BCUT2D eigenvalue weighted by atomic mass is 16.5. The first kappa shape index (κ1) is 16.9. The van der Waals surface area contributed by atoms with E-state index in [2.05, 4.69) is 38.0 Å². The van der Waals surface area contributed by atoms with Crippen molar-refractivity contribution < 1.29 is 4.74 Å². The second-order valence-electron chi connectivity index (χ2n) is 4.99. The Bertz CT molecular complexity index is 162. The van der Waals surface area contributed by atoms with E-state index in [0.717, 1.165) is 19.7 Å². The van der Waals surface area contributed by atoms with Gasteiger partial charge in [-0.05, 0) is 52.7 Å². The van der Waals surface area contributed by atoms with E-state index in [1.807, 2.05) is 0 Å². The summed E-state index contributed by atoms with van der Waals surface area (Å²) in [5.41, 5.74) is 0. The first-order chi connectivity index (χ1) is 8.15. The van der Waals surface area contributed by atoms with E-state index in [4.69, 9.17) is 4.74 Å². The molecule has 0 bridgehead atoms. The maximum absolute atomic E-state index is 5.17. The standard InChI is InChI=1S/C14H32N2O/c1-6-10-15-14(7-2)9-8-11-16(4)13(3)12-17-5/h13-15H,6-12H2,1-5H3. The summed E-state index contributed by atoms with van der Waals surface area (Å²) in [4.78, 5) is 2.38. The van der Waals surface area contributed by atoms with Crippen LogP contribution in [0.15, 0.2) is 0 Å². The van der Waals surface area contributed by atoms with E-state index in [0.29, 0.717) is 12.1 Å². The molecule has 3 nitrogen and oxygen atoms in total. The van der Waals surface area contributed by atoms with E-state index in [1.54, 1.807) is 7.11 Å². The third-order valence-corrected chi connectivity index (χ3v) is 3.40. The molecule has 17 heavy (non-hydrogen) atoms. The molecule has 0 amide bonds. The summed E-state index contributed by atoms with van der Waals surface area (Å²) in [6, 6.07) is 1.21. The SMILES string of the molecule is CCCNC(CC)CCCN(C)C(C)COC. The van der Waals surface area contributed by atoms with Crippen molar-refractivity contribution in [2.75, 3.05) is 33.9 Å². The van der Waals surface area contributed by atoms with Gasteiger partial charge in [-0.3, -0.25) is 0 Å². The van der Waals surface area contributed by atoms with Crippen molar-refractivity contribution in [1.82, 2.24) is 10.2 Å². The lowest BCUT2D eigenvalue weighted by molar-refractivity contribution is 0.114. The number of nitrogens with zero attached hydrogens (tertiary/aromatic N) is 1. The molecule has 3 heteroatoms. The molecule has 0 heterocycles. The quantitative estimate of drug-likeness (QED) is 0.604. The fourth-order valence-electron chi connectivity index (χ4n) is 1.97. The van der Waals surface area contributed by atoms with E-state index in [-0.39, 0.29) is 0 Å². The number of likely N-dealkylation sites (N-methyl/N-ethyl adjacent to an activating group) is 1. The van der Waals surface area contributed by atoms with E-state index < -0.39 is 0 Å². The van der Waals surface area contributed by atoms with Crippen LogP contribution in [-0.4, -0.2) is 50.8 Å². The summed E-state index contributed by atoms with van der Waals surface area (Å²) in [7, 11) is 3.95. The van der Waals surface area contributed by atoms with Gasteiger partial charge in [-0.15, -0.1) is 0 Å². The predicted octanol–water partition coefficient (Wildman–Crippen LogP) is 2.51. The van der Waals surface area contributed by atoms with Crippen LogP contribution in [0.2, 0.25) is 0 Å². The molecule has 104 valence electrons. The maximum atomic E-state index is 5.17. The van der Waals surface area contributed by atoms with E-state index >= 15 is 0 Å². The van der Waals surface area contributed by atoms with Crippen molar-refractivity contribution in [2.24, 2.45) is 0 Å².